The topological polar surface area (TPSA) is 277 Å². The normalized spacial score (nSPS) is 6.00. The molecule has 0 atom stereocenters. The molecule has 0 aliphatic rings. The van der Waals surface area contributed by atoms with E-state index in [1.54, 1.807) is 0 Å². The molecule has 0 unspecified atom stereocenters. The van der Waals surface area contributed by atoms with Gasteiger partial charge in [0, 0.05) is 0 Å². The monoisotopic (exact) mass is 959 g/mol. The van der Waals surface area contributed by atoms with E-state index in [4.69, 9.17) is 58.7 Å². The molecule has 0 aromatic rings. The Morgan fingerprint density at radius 3 is 0.194 bits per heavy atom. The molecular weight excluding hydrogens is 961 g/mol. The first-order valence-electron chi connectivity index (χ1n) is 3.21. The zero-order valence-corrected chi connectivity index (χ0v) is 64.7. The second-order valence-electron chi connectivity index (χ2n) is 1.28. The Morgan fingerprint density at radius 1 is 0.194 bits per heavy atom. The molecule has 0 aliphatic carbocycles. The zero-order valence-electron chi connectivity index (χ0n) is 21.9. The predicted molar refractivity (Wildman–Crippen MR) is 48.2 cm³/mol. The molecule has 0 spiro atoms. The van der Waals surface area contributed by atoms with E-state index in [0.29, 0.717) is 0 Å². The van der Waals surface area contributed by atoms with Crippen LogP contribution < -0.4 is 675 Å². The van der Waals surface area contributed by atoms with Gasteiger partial charge in [-0.3, -0.25) is 25.2 Å². The Hall–Kier alpha value is 21.3. The Labute approximate surface area is 724 Å². The van der Waals surface area contributed by atoms with Gasteiger partial charge in [-0.05, 0) is 0 Å². The molecular formula is F6K12O12P6. The van der Waals surface area contributed by atoms with Gasteiger partial charge in [0.1, 0.15) is 0 Å². The van der Waals surface area contributed by atoms with Gasteiger partial charge in [0.2, 0.25) is 0 Å². The van der Waals surface area contributed by atoms with Crippen LogP contribution in [0.2, 0.25) is 0 Å². The van der Waals surface area contributed by atoms with E-state index in [-0.39, 0.29) is 617 Å². The maximum absolute atomic E-state index is 9.95. The summed E-state index contributed by atoms with van der Waals surface area (Å²) in [7, 11) is -21.7. The quantitative estimate of drug-likeness (QED) is 0.124. The first-order chi connectivity index (χ1) is 10.4. The summed E-state index contributed by atoms with van der Waals surface area (Å²) >= 11 is 0. The van der Waals surface area contributed by atoms with Crippen LogP contribution in [0.15, 0.2) is 0 Å². The van der Waals surface area contributed by atoms with Crippen LogP contribution in [0.5, 0.6) is 0 Å². The molecule has 0 bridgehead atoms. The van der Waals surface area contributed by atoms with E-state index >= 15 is 0 Å². The van der Waals surface area contributed by atoms with Crippen LogP contribution in [-0.2, 0) is 0 Å². The fourth-order valence-corrected chi connectivity index (χ4v) is 0. The standard InChI is InChI=1S/6FO2P.12K/c6*1-4(2)3;;;;;;;;;;;;/q6*-2;12*+1. The molecule has 0 aliphatic heterocycles. The van der Waals surface area contributed by atoms with Gasteiger partial charge in [-0.1, -0.05) is 0 Å². The first kappa shape index (κ1) is 118. The van der Waals surface area contributed by atoms with Crippen LogP contribution >= 0.6 is 52.1 Å². The minimum Gasteiger partial charge on any atom is -0.816 e. The maximum Gasteiger partial charge on any atom is 1.00 e. The second kappa shape index (κ2) is 111. The summed E-state index contributed by atoms with van der Waals surface area (Å²) in [4.78, 5) is 100. The summed E-state index contributed by atoms with van der Waals surface area (Å²) in [6, 6.07) is 0. The van der Waals surface area contributed by atoms with Gasteiger partial charge in [-0.25, -0.2) is 0 Å². The van der Waals surface area contributed by atoms with Gasteiger partial charge in [-0.15, -0.1) is 52.1 Å². The third-order valence-corrected chi connectivity index (χ3v) is 0. The zero-order chi connectivity index (χ0) is 21.5. The molecule has 0 saturated heterocycles. The van der Waals surface area contributed by atoms with Crippen LogP contribution in [0.25, 0.3) is 0 Å². The van der Waals surface area contributed by atoms with Crippen molar-refractivity contribution in [3.8, 4) is 0 Å². The van der Waals surface area contributed by atoms with Crippen LogP contribution in [0.3, 0.4) is 0 Å². The van der Waals surface area contributed by atoms with E-state index in [0.717, 1.165) is 0 Å². The second-order valence-corrected chi connectivity index (χ2v) is 3.83. The van der Waals surface area contributed by atoms with Crippen LogP contribution in [0.4, 0.5) is 25.2 Å². The van der Waals surface area contributed by atoms with Crippen molar-refractivity contribution in [1.29, 1.82) is 0 Å². The van der Waals surface area contributed by atoms with Crippen molar-refractivity contribution in [1.82, 2.24) is 0 Å². The summed E-state index contributed by atoms with van der Waals surface area (Å²) in [5.74, 6) is 0. The van der Waals surface area contributed by atoms with E-state index in [2.05, 4.69) is 0 Å². The molecule has 0 amide bonds. The number of halogens is 6. The minimum atomic E-state index is -3.62. The maximum atomic E-state index is 9.95. The van der Waals surface area contributed by atoms with Gasteiger partial charge in [0.05, 0.1) is 0 Å². The molecule has 0 aromatic heterocycles. The molecule has 0 N–H and O–H groups in total. The van der Waals surface area contributed by atoms with Gasteiger partial charge >= 0.3 is 617 Å². The van der Waals surface area contributed by atoms with Crippen molar-refractivity contribution in [2.24, 2.45) is 0 Å². The molecule has 0 saturated carbocycles. The number of hydrogen-bond acceptors (Lipinski definition) is 12. The van der Waals surface area contributed by atoms with Gasteiger partial charge in [-0.2, -0.15) is 0 Å². The van der Waals surface area contributed by atoms with Crippen molar-refractivity contribution in [3.05, 3.63) is 0 Å². The first-order valence-corrected chi connectivity index (χ1v) is 9.62. The van der Waals surface area contributed by atoms with Crippen molar-refractivity contribution >= 4 is 52.1 Å². The fraction of sp³-hybridized carbons (Fsp3) is 0. The Morgan fingerprint density at radius 2 is 0.194 bits per heavy atom. The summed E-state index contributed by atoms with van der Waals surface area (Å²) < 4.78 is 59.7. The van der Waals surface area contributed by atoms with E-state index in [9.17, 15) is 25.2 Å². The third-order valence-electron chi connectivity index (χ3n) is 0. The predicted octanol–water partition coefficient (Wildman–Crippen LogP) is -42.5. The van der Waals surface area contributed by atoms with Crippen molar-refractivity contribution in [2.45, 2.75) is 0 Å². The molecule has 36 heteroatoms. The van der Waals surface area contributed by atoms with Crippen LogP contribution in [-0.4, -0.2) is 0 Å². The fourth-order valence-electron chi connectivity index (χ4n) is 0. The molecule has 0 radical (unpaired) electrons. The largest absolute Gasteiger partial charge is 1.00 e. The molecule has 156 valence electrons. The number of hydrogen-bond donors (Lipinski definition) is 0. The van der Waals surface area contributed by atoms with Crippen LogP contribution in [0.1, 0.15) is 0 Å². The summed E-state index contributed by atoms with van der Waals surface area (Å²) in [5.41, 5.74) is 0. The van der Waals surface area contributed by atoms with Crippen molar-refractivity contribution in [3.63, 3.8) is 0 Å². The third kappa shape index (κ3) is 359. The van der Waals surface area contributed by atoms with Crippen molar-refractivity contribution in [2.75, 3.05) is 0 Å². The van der Waals surface area contributed by atoms with Gasteiger partial charge in [0.25, 0.3) is 0 Å². The summed E-state index contributed by atoms with van der Waals surface area (Å²) in [6.45, 7) is 0. The minimum absolute atomic E-state index is 0. The Balaban J connectivity index is -0.00000000633. The van der Waals surface area contributed by atoms with Crippen LogP contribution in [0, 0.1) is 0 Å². The smallest absolute Gasteiger partial charge is 0.816 e. The average molecular weight is 961 g/mol. The molecule has 0 heterocycles. The molecule has 36 heavy (non-hydrogen) atoms. The molecule has 0 rings (SSSR count). The van der Waals surface area contributed by atoms with Gasteiger partial charge in [0.15, 0.2) is 0 Å². The van der Waals surface area contributed by atoms with Crippen molar-refractivity contribution < 1.29 is 701 Å². The summed E-state index contributed by atoms with van der Waals surface area (Å²) in [5, 5.41) is 0. The average Bonchev–Trinajstić information content (AvgIpc) is 2.08. The van der Waals surface area contributed by atoms with E-state index < -0.39 is 52.1 Å². The Kier molecular flexibility index (Phi) is 364. The molecule has 0 fully saturated rings. The summed E-state index contributed by atoms with van der Waals surface area (Å²) in [6.07, 6.45) is 0. The van der Waals surface area contributed by atoms with Gasteiger partial charge < -0.3 is 58.7 Å². The Bertz CT molecular complexity index is 144. The molecule has 0 aromatic carbocycles. The SMILES string of the molecule is [K+].[K+].[K+].[K+].[K+].[K+].[K+].[K+].[K+].[K+].[K+].[K+].[O-]P([O-])F.[O-]P([O-])F.[O-]P([O-])F.[O-]P([O-])F.[O-]P([O-])F.[O-]P([O-])F. The van der Waals surface area contributed by atoms with E-state index in [1.807, 2.05) is 0 Å². The number of rotatable bonds is 0. The molecule has 12 nitrogen and oxygen atoms in total. The van der Waals surface area contributed by atoms with E-state index in [1.165, 1.54) is 0 Å².